The van der Waals surface area contributed by atoms with Crippen LogP contribution in [0.2, 0.25) is 5.02 Å². The highest BCUT2D eigenvalue weighted by atomic mass is 35.5. The molecular weight excluding hydrogens is 338 g/mol. The summed E-state index contributed by atoms with van der Waals surface area (Å²) in [5.41, 5.74) is 3.04. The molecule has 0 unspecified atom stereocenters. The minimum absolute atomic E-state index is 0.172. The molecule has 0 aliphatic carbocycles. The summed E-state index contributed by atoms with van der Waals surface area (Å²) in [7, 11) is 0. The lowest BCUT2D eigenvalue weighted by atomic mass is 10.0. The van der Waals surface area contributed by atoms with Crippen molar-refractivity contribution in [2.75, 3.05) is 5.32 Å². The van der Waals surface area contributed by atoms with E-state index >= 15 is 0 Å². The van der Waals surface area contributed by atoms with Gasteiger partial charge >= 0.3 is 0 Å². The van der Waals surface area contributed by atoms with Gasteiger partial charge in [-0.2, -0.15) is 15.7 Å². The van der Waals surface area contributed by atoms with Gasteiger partial charge in [-0.25, -0.2) is 0 Å². The van der Waals surface area contributed by atoms with Crippen molar-refractivity contribution < 1.29 is 0 Å². The van der Waals surface area contributed by atoms with E-state index in [0.717, 1.165) is 11.1 Å². The maximum absolute atomic E-state index is 9.40. The number of anilines is 1. The molecule has 0 atom stereocenters. The molecule has 7 nitrogen and oxygen atoms in total. The minimum Gasteiger partial charge on any atom is -0.359 e. The van der Waals surface area contributed by atoms with Gasteiger partial charge in [0.2, 0.25) is 5.82 Å². The summed E-state index contributed by atoms with van der Waals surface area (Å²) in [5, 5.41) is 35.4. The molecule has 0 bridgehead atoms. The van der Waals surface area contributed by atoms with Crippen LogP contribution in [0.25, 0.3) is 16.7 Å². The Hall–Kier alpha value is -3.68. The number of benzene rings is 2. The molecule has 0 aliphatic heterocycles. The number of allylic oxidation sites excluding steroid dienone is 1. The average molecular weight is 348 g/mol. The predicted octanol–water partition coefficient (Wildman–Crippen LogP) is 3.37. The normalized spacial score (nSPS) is 10.8. The van der Waals surface area contributed by atoms with Crippen LogP contribution < -0.4 is 5.32 Å². The van der Waals surface area contributed by atoms with Gasteiger partial charge in [-0.3, -0.25) is 0 Å². The smallest absolute Gasteiger partial charge is 0.216 e. The first kappa shape index (κ1) is 16.2. The summed E-state index contributed by atoms with van der Waals surface area (Å²) in [6.07, 6.45) is 1.43. The van der Waals surface area contributed by atoms with Gasteiger partial charge in [-0.05, 0) is 40.6 Å². The molecule has 25 heavy (non-hydrogen) atoms. The van der Waals surface area contributed by atoms with Crippen LogP contribution in [0.15, 0.2) is 48.7 Å². The summed E-state index contributed by atoms with van der Waals surface area (Å²) < 4.78 is 0. The highest BCUT2D eigenvalue weighted by Crippen LogP contribution is 2.26. The van der Waals surface area contributed by atoms with Gasteiger partial charge < -0.3 is 5.32 Å². The molecule has 3 aromatic rings. The summed E-state index contributed by atoms with van der Waals surface area (Å²) >= 11 is 5.90. The number of nitrogens with zero attached hydrogens (tertiary/aromatic N) is 5. The number of nitrogens with one attached hydrogen (secondary N) is 2. The molecule has 0 fully saturated rings. The number of rotatable bonds is 4. The molecule has 3 rings (SSSR count). The highest BCUT2D eigenvalue weighted by Gasteiger charge is 2.08. The van der Waals surface area contributed by atoms with Gasteiger partial charge in [-0.15, -0.1) is 10.2 Å². The quantitative estimate of drug-likeness (QED) is 0.699. The third-order valence-electron chi connectivity index (χ3n) is 3.40. The molecule has 1 aromatic heterocycles. The molecule has 1 heterocycles. The maximum atomic E-state index is 9.40. The SMILES string of the molecule is N#CC(=CNc1ccc(-c2ccc(Cl)cc2)cc1C#N)c1nn[nH]n1. The van der Waals surface area contributed by atoms with Crippen LogP contribution >= 0.6 is 11.6 Å². The zero-order valence-electron chi connectivity index (χ0n) is 12.7. The second kappa shape index (κ2) is 7.26. The molecule has 0 spiro atoms. The van der Waals surface area contributed by atoms with Crippen LogP contribution in [0.1, 0.15) is 11.4 Å². The maximum Gasteiger partial charge on any atom is 0.216 e. The molecule has 0 radical (unpaired) electrons. The number of hydrogen-bond donors (Lipinski definition) is 2. The van der Waals surface area contributed by atoms with E-state index in [1.807, 2.05) is 24.3 Å². The summed E-state index contributed by atoms with van der Waals surface area (Å²) in [4.78, 5) is 0. The third kappa shape index (κ3) is 3.63. The van der Waals surface area contributed by atoms with E-state index in [4.69, 9.17) is 16.9 Å². The van der Waals surface area contributed by atoms with Crippen molar-refractivity contribution >= 4 is 22.9 Å². The van der Waals surface area contributed by atoms with Crippen molar-refractivity contribution in [1.82, 2.24) is 20.6 Å². The first-order valence-corrected chi connectivity index (χ1v) is 7.50. The molecule has 2 N–H and O–H groups in total. The fourth-order valence-corrected chi connectivity index (χ4v) is 2.28. The van der Waals surface area contributed by atoms with Crippen LogP contribution in [0.4, 0.5) is 5.69 Å². The number of hydrogen-bond acceptors (Lipinski definition) is 6. The molecule has 0 saturated heterocycles. The first-order chi connectivity index (χ1) is 12.2. The number of aromatic amines is 1. The van der Waals surface area contributed by atoms with Crippen LogP contribution in [-0.4, -0.2) is 20.6 Å². The lowest BCUT2D eigenvalue weighted by molar-refractivity contribution is 0.881. The van der Waals surface area contributed by atoms with Crippen LogP contribution in [0.5, 0.6) is 0 Å². The zero-order valence-corrected chi connectivity index (χ0v) is 13.5. The lowest BCUT2D eigenvalue weighted by Crippen LogP contribution is -1.96. The van der Waals surface area contributed by atoms with Crippen molar-refractivity contribution in [3.8, 4) is 23.3 Å². The standard InChI is InChI=1S/C17H10ClN7/c18-15-4-1-11(2-5-15)12-3-6-16(13(7-12)8-19)21-10-14(9-20)17-22-24-25-23-17/h1-7,10,21H,(H,22,23,24,25). The van der Waals surface area contributed by atoms with Gasteiger partial charge in [0.25, 0.3) is 0 Å². The monoisotopic (exact) mass is 347 g/mol. The molecular formula is C17H10ClN7. The zero-order chi connectivity index (χ0) is 17.6. The number of H-pyrrole nitrogens is 1. The van der Waals surface area contributed by atoms with E-state index in [2.05, 4.69) is 32.0 Å². The largest absolute Gasteiger partial charge is 0.359 e. The van der Waals surface area contributed by atoms with Crippen molar-refractivity contribution in [1.29, 1.82) is 10.5 Å². The van der Waals surface area contributed by atoms with Crippen molar-refractivity contribution in [2.45, 2.75) is 0 Å². The van der Waals surface area contributed by atoms with Gasteiger partial charge in [-0.1, -0.05) is 29.8 Å². The molecule has 0 saturated carbocycles. The molecule has 0 amide bonds. The second-order valence-corrected chi connectivity index (χ2v) is 5.37. The van der Waals surface area contributed by atoms with Crippen molar-refractivity contribution in [3.63, 3.8) is 0 Å². The van der Waals surface area contributed by atoms with E-state index in [9.17, 15) is 5.26 Å². The van der Waals surface area contributed by atoms with Crippen LogP contribution in [-0.2, 0) is 0 Å². The number of aromatic nitrogens is 4. The summed E-state index contributed by atoms with van der Waals surface area (Å²) in [6.45, 7) is 0. The molecule has 8 heteroatoms. The first-order valence-electron chi connectivity index (χ1n) is 7.12. The fraction of sp³-hybridized carbons (Fsp3) is 0. The van der Waals surface area contributed by atoms with Crippen molar-refractivity contribution in [3.05, 3.63) is 65.1 Å². The summed E-state index contributed by atoms with van der Waals surface area (Å²) in [6, 6.07) is 16.9. The van der Waals surface area contributed by atoms with Gasteiger partial charge in [0, 0.05) is 11.2 Å². The van der Waals surface area contributed by atoms with Crippen LogP contribution in [0.3, 0.4) is 0 Å². The average Bonchev–Trinajstić information content (AvgIpc) is 3.17. The second-order valence-electron chi connectivity index (χ2n) is 4.93. The van der Waals surface area contributed by atoms with E-state index in [1.165, 1.54) is 6.20 Å². The Morgan fingerprint density at radius 1 is 1.12 bits per heavy atom. The Balaban J connectivity index is 1.89. The van der Waals surface area contributed by atoms with Crippen molar-refractivity contribution in [2.24, 2.45) is 0 Å². The highest BCUT2D eigenvalue weighted by molar-refractivity contribution is 6.30. The van der Waals surface area contributed by atoms with E-state index in [-0.39, 0.29) is 11.4 Å². The lowest BCUT2D eigenvalue weighted by Gasteiger charge is -2.07. The van der Waals surface area contributed by atoms with E-state index < -0.39 is 0 Å². The summed E-state index contributed by atoms with van der Waals surface area (Å²) in [5.74, 6) is 0.172. The minimum atomic E-state index is 0.172. The number of tetrazole rings is 1. The fourth-order valence-electron chi connectivity index (χ4n) is 2.16. The van der Waals surface area contributed by atoms with E-state index in [0.29, 0.717) is 16.3 Å². The Morgan fingerprint density at radius 2 is 1.88 bits per heavy atom. The third-order valence-corrected chi connectivity index (χ3v) is 3.65. The number of halogens is 1. The predicted molar refractivity (Wildman–Crippen MR) is 93.0 cm³/mol. The Morgan fingerprint density at radius 3 is 2.52 bits per heavy atom. The topological polar surface area (TPSA) is 114 Å². The molecule has 2 aromatic carbocycles. The Labute approximate surface area is 148 Å². The van der Waals surface area contributed by atoms with Gasteiger partial charge in [0.05, 0.1) is 11.3 Å². The van der Waals surface area contributed by atoms with E-state index in [1.54, 1.807) is 24.3 Å². The number of nitriles is 2. The molecule has 120 valence electrons. The van der Waals surface area contributed by atoms with Gasteiger partial charge in [0.1, 0.15) is 17.7 Å². The Kier molecular flexibility index (Phi) is 4.70. The van der Waals surface area contributed by atoms with Gasteiger partial charge in [0.15, 0.2) is 0 Å². The molecule has 0 aliphatic rings. The van der Waals surface area contributed by atoms with Crippen LogP contribution in [0, 0.1) is 22.7 Å². The Bertz CT molecular complexity index is 993.